The lowest BCUT2D eigenvalue weighted by atomic mass is 9.87. The molecule has 2 amide bonds. The van der Waals surface area contributed by atoms with Gasteiger partial charge in [-0.1, -0.05) is 24.3 Å². The van der Waals surface area contributed by atoms with E-state index in [0.29, 0.717) is 23.5 Å². The first-order chi connectivity index (χ1) is 12.6. The molecule has 1 saturated heterocycles. The molecule has 3 heterocycles. The lowest BCUT2D eigenvalue weighted by Crippen LogP contribution is -2.38. The van der Waals surface area contributed by atoms with Gasteiger partial charge in [-0.25, -0.2) is 4.98 Å². The van der Waals surface area contributed by atoms with Gasteiger partial charge in [0.05, 0.1) is 4.88 Å². The molecule has 1 aliphatic rings. The summed E-state index contributed by atoms with van der Waals surface area (Å²) in [7, 11) is 0. The highest BCUT2D eigenvalue weighted by atomic mass is 32.1. The molecule has 1 aromatic carbocycles. The highest BCUT2D eigenvalue weighted by Crippen LogP contribution is 2.39. The maximum absolute atomic E-state index is 12.6. The molecule has 132 valence electrons. The van der Waals surface area contributed by atoms with Crippen LogP contribution in [0.3, 0.4) is 0 Å². The summed E-state index contributed by atoms with van der Waals surface area (Å²) in [5.41, 5.74) is 7.34. The summed E-state index contributed by atoms with van der Waals surface area (Å²) in [6, 6.07) is 13.2. The van der Waals surface area contributed by atoms with Crippen LogP contribution < -0.4 is 5.73 Å². The van der Waals surface area contributed by atoms with E-state index in [1.165, 1.54) is 11.3 Å². The van der Waals surface area contributed by atoms with Crippen LogP contribution >= 0.6 is 11.3 Å². The van der Waals surface area contributed by atoms with Crippen molar-refractivity contribution in [2.24, 2.45) is 5.73 Å². The fraction of sp³-hybridized carbons (Fsp3) is 0.250. The Labute approximate surface area is 155 Å². The Morgan fingerprint density at radius 1 is 1.08 bits per heavy atom. The van der Waals surface area contributed by atoms with Crippen LogP contribution in [0.4, 0.5) is 0 Å². The first-order valence-corrected chi connectivity index (χ1v) is 9.48. The SMILES string of the molecule is NC(=O)c1sc2ncccc2c1C1CCN(C(=O)c2ccccc2)CC1. The van der Waals surface area contributed by atoms with E-state index < -0.39 is 5.91 Å². The van der Waals surface area contributed by atoms with Crippen LogP contribution in [-0.2, 0) is 0 Å². The first kappa shape index (κ1) is 16.7. The molecule has 1 aliphatic heterocycles. The average molecular weight is 365 g/mol. The Morgan fingerprint density at radius 3 is 2.50 bits per heavy atom. The van der Waals surface area contributed by atoms with E-state index >= 15 is 0 Å². The van der Waals surface area contributed by atoms with Gasteiger partial charge in [-0.05, 0) is 42.5 Å². The molecule has 0 unspecified atom stereocenters. The minimum atomic E-state index is -0.397. The third-order valence-corrected chi connectivity index (χ3v) is 6.08. The number of benzene rings is 1. The van der Waals surface area contributed by atoms with E-state index in [-0.39, 0.29) is 11.8 Å². The van der Waals surface area contributed by atoms with Crippen LogP contribution in [-0.4, -0.2) is 34.8 Å². The number of aromatic nitrogens is 1. The number of amides is 2. The molecule has 0 radical (unpaired) electrons. The van der Waals surface area contributed by atoms with Gasteiger partial charge in [0, 0.05) is 30.2 Å². The molecule has 0 saturated carbocycles. The van der Waals surface area contributed by atoms with E-state index in [1.54, 1.807) is 6.20 Å². The standard InChI is InChI=1S/C20H19N3O2S/c21-18(24)17-16(15-7-4-10-22-19(15)26-17)13-8-11-23(12-9-13)20(25)14-5-2-1-3-6-14/h1-7,10,13H,8-9,11-12H2,(H2,21,24). The number of pyridine rings is 1. The Hall–Kier alpha value is -2.73. The van der Waals surface area contributed by atoms with E-state index in [0.717, 1.165) is 28.6 Å². The minimum Gasteiger partial charge on any atom is -0.365 e. The van der Waals surface area contributed by atoms with Crippen molar-refractivity contribution in [1.29, 1.82) is 0 Å². The number of rotatable bonds is 3. The molecular formula is C20H19N3O2S. The van der Waals surface area contributed by atoms with Gasteiger partial charge in [0.15, 0.2) is 0 Å². The second-order valence-corrected chi connectivity index (χ2v) is 7.50. The predicted molar refractivity (Wildman–Crippen MR) is 102 cm³/mol. The van der Waals surface area contributed by atoms with Crippen LogP contribution in [0.25, 0.3) is 10.2 Å². The van der Waals surface area contributed by atoms with Crippen molar-refractivity contribution in [3.63, 3.8) is 0 Å². The Balaban J connectivity index is 1.57. The topological polar surface area (TPSA) is 76.3 Å². The smallest absolute Gasteiger partial charge is 0.259 e. The molecule has 2 aromatic heterocycles. The van der Waals surface area contributed by atoms with Crippen LogP contribution in [0.1, 0.15) is 44.4 Å². The molecule has 2 N–H and O–H groups in total. The molecule has 0 atom stereocenters. The van der Waals surface area contributed by atoms with E-state index in [9.17, 15) is 9.59 Å². The molecule has 0 aliphatic carbocycles. The number of hydrogen-bond donors (Lipinski definition) is 1. The molecule has 4 rings (SSSR count). The van der Waals surface area contributed by atoms with Crippen molar-refractivity contribution in [1.82, 2.24) is 9.88 Å². The summed E-state index contributed by atoms with van der Waals surface area (Å²) in [6.07, 6.45) is 3.37. The number of carbonyl (C=O) groups excluding carboxylic acids is 2. The molecular weight excluding hydrogens is 346 g/mol. The van der Waals surface area contributed by atoms with E-state index in [4.69, 9.17) is 5.73 Å². The number of primary amides is 1. The molecule has 1 fully saturated rings. The highest BCUT2D eigenvalue weighted by Gasteiger charge is 2.29. The second-order valence-electron chi connectivity index (χ2n) is 6.50. The monoisotopic (exact) mass is 365 g/mol. The van der Waals surface area contributed by atoms with Crippen molar-refractivity contribution in [2.45, 2.75) is 18.8 Å². The molecule has 5 nitrogen and oxygen atoms in total. The van der Waals surface area contributed by atoms with Gasteiger partial charge in [0.1, 0.15) is 4.83 Å². The number of carbonyl (C=O) groups is 2. The summed E-state index contributed by atoms with van der Waals surface area (Å²) in [5, 5.41) is 1.01. The fourth-order valence-corrected chi connectivity index (χ4v) is 4.76. The highest BCUT2D eigenvalue weighted by molar-refractivity contribution is 7.20. The molecule has 0 bridgehead atoms. The van der Waals surface area contributed by atoms with Crippen molar-refractivity contribution in [2.75, 3.05) is 13.1 Å². The number of thiophene rings is 1. The zero-order chi connectivity index (χ0) is 18.1. The van der Waals surface area contributed by atoms with Crippen molar-refractivity contribution < 1.29 is 9.59 Å². The summed E-state index contributed by atoms with van der Waals surface area (Å²) >= 11 is 1.36. The molecule has 3 aromatic rings. The van der Waals surface area contributed by atoms with Crippen LogP contribution in [0, 0.1) is 0 Å². The normalized spacial score (nSPS) is 15.3. The third kappa shape index (κ3) is 2.97. The Morgan fingerprint density at radius 2 is 1.81 bits per heavy atom. The summed E-state index contributed by atoms with van der Waals surface area (Å²) in [5.74, 6) is -0.114. The van der Waals surface area contributed by atoms with E-state index in [2.05, 4.69) is 4.98 Å². The minimum absolute atomic E-state index is 0.0658. The van der Waals surface area contributed by atoms with Crippen LogP contribution in [0.15, 0.2) is 48.7 Å². The zero-order valence-electron chi connectivity index (χ0n) is 14.2. The molecule has 6 heteroatoms. The second kappa shape index (κ2) is 6.88. The number of nitrogens with two attached hydrogens (primary N) is 1. The summed E-state index contributed by atoms with van der Waals surface area (Å²) < 4.78 is 0. The summed E-state index contributed by atoms with van der Waals surface area (Å²) in [4.78, 5) is 32.3. The number of fused-ring (bicyclic) bond motifs is 1. The van der Waals surface area contributed by atoms with Gasteiger partial charge >= 0.3 is 0 Å². The maximum Gasteiger partial charge on any atom is 0.259 e. The van der Waals surface area contributed by atoms with Crippen molar-refractivity contribution in [3.8, 4) is 0 Å². The van der Waals surface area contributed by atoms with Gasteiger partial charge in [-0.2, -0.15) is 0 Å². The Kier molecular flexibility index (Phi) is 4.42. The number of hydrogen-bond acceptors (Lipinski definition) is 4. The van der Waals surface area contributed by atoms with Crippen LogP contribution in [0.5, 0.6) is 0 Å². The zero-order valence-corrected chi connectivity index (χ0v) is 15.0. The quantitative estimate of drug-likeness (QED) is 0.773. The number of nitrogens with zero attached hydrogens (tertiary/aromatic N) is 2. The van der Waals surface area contributed by atoms with Crippen molar-refractivity contribution >= 4 is 33.4 Å². The van der Waals surface area contributed by atoms with E-state index in [1.807, 2.05) is 47.4 Å². The predicted octanol–water partition coefficient (Wildman–Crippen LogP) is 3.42. The Bertz CT molecular complexity index is 960. The first-order valence-electron chi connectivity index (χ1n) is 8.66. The van der Waals surface area contributed by atoms with Gasteiger partial charge in [-0.15, -0.1) is 11.3 Å². The molecule has 26 heavy (non-hydrogen) atoms. The fourth-order valence-electron chi connectivity index (χ4n) is 3.67. The van der Waals surface area contributed by atoms with Gasteiger partial charge < -0.3 is 10.6 Å². The third-order valence-electron chi connectivity index (χ3n) is 4.94. The van der Waals surface area contributed by atoms with Gasteiger partial charge in [0.2, 0.25) is 0 Å². The lowest BCUT2D eigenvalue weighted by Gasteiger charge is -2.32. The maximum atomic E-state index is 12.6. The average Bonchev–Trinajstić information content (AvgIpc) is 3.08. The number of piperidine rings is 1. The molecule has 0 spiro atoms. The van der Waals surface area contributed by atoms with Gasteiger partial charge in [-0.3, -0.25) is 9.59 Å². The van der Waals surface area contributed by atoms with Crippen molar-refractivity contribution in [3.05, 3.63) is 64.7 Å². The largest absolute Gasteiger partial charge is 0.365 e. The van der Waals surface area contributed by atoms with Crippen LogP contribution in [0.2, 0.25) is 0 Å². The lowest BCUT2D eigenvalue weighted by molar-refractivity contribution is 0.0712. The van der Waals surface area contributed by atoms with Gasteiger partial charge in [0.25, 0.3) is 11.8 Å². The number of likely N-dealkylation sites (tertiary alicyclic amines) is 1. The summed E-state index contributed by atoms with van der Waals surface area (Å²) in [6.45, 7) is 1.35.